The highest BCUT2D eigenvalue weighted by molar-refractivity contribution is 7.99. The summed E-state index contributed by atoms with van der Waals surface area (Å²) in [6, 6.07) is 10.5. The second-order valence-corrected chi connectivity index (χ2v) is 6.57. The largest absolute Gasteiger partial charge is 0.486 e. The number of nitrogen functional groups attached to an aromatic ring is 2. The average Bonchev–Trinajstić information content (AvgIpc) is 3.13. The molecule has 1 aromatic carbocycles. The van der Waals surface area contributed by atoms with Crippen molar-refractivity contribution >= 4 is 35.5 Å². The number of hydrogen-bond acceptors (Lipinski definition) is 9. The number of carbonyl (C=O) groups excluding carboxylic acids is 1. The van der Waals surface area contributed by atoms with Gasteiger partial charge in [0.25, 0.3) is 5.91 Å². The number of rotatable bonds is 8. The van der Waals surface area contributed by atoms with E-state index in [0.29, 0.717) is 22.4 Å². The van der Waals surface area contributed by atoms with Crippen LogP contribution < -0.4 is 21.6 Å². The van der Waals surface area contributed by atoms with Gasteiger partial charge in [-0.25, -0.2) is 19.8 Å². The first-order chi connectivity index (χ1) is 14.0. The minimum atomic E-state index is -0.359. The molecule has 0 fully saturated rings. The molecule has 2 heterocycles. The molecule has 0 aliphatic carbocycles. The van der Waals surface area contributed by atoms with E-state index in [9.17, 15) is 9.18 Å². The fourth-order valence-electron chi connectivity index (χ4n) is 2.08. The Morgan fingerprint density at radius 2 is 1.93 bits per heavy atom. The smallest absolute Gasteiger partial charge is 0.250 e. The molecule has 3 rings (SSSR count). The topological polar surface area (TPSA) is 142 Å². The number of hydrazone groups is 1. The van der Waals surface area contributed by atoms with Crippen LogP contribution in [0.25, 0.3) is 0 Å². The summed E-state index contributed by atoms with van der Waals surface area (Å²) in [5, 5.41) is 4.13. The van der Waals surface area contributed by atoms with Crippen LogP contribution >= 0.6 is 11.8 Å². The van der Waals surface area contributed by atoms with E-state index in [1.54, 1.807) is 12.1 Å². The van der Waals surface area contributed by atoms with Crippen LogP contribution in [0.5, 0.6) is 5.75 Å². The molecular weight excluding hydrogens is 399 g/mol. The molecule has 5 N–H and O–H groups in total. The van der Waals surface area contributed by atoms with Crippen molar-refractivity contribution in [3.05, 3.63) is 59.8 Å². The monoisotopic (exact) mass is 416 g/mol. The molecule has 2 aromatic heterocycles. The summed E-state index contributed by atoms with van der Waals surface area (Å²) in [6.45, 7) is 0.172. The lowest BCUT2D eigenvalue weighted by molar-refractivity contribution is -0.118. The van der Waals surface area contributed by atoms with Gasteiger partial charge in [-0.2, -0.15) is 5.10 Å². The summed E-state index contributed by atoms with van der Waals surface area (Å²) in [7, 11) is 0. The number of thioether (sulfide) groups is 1. The predicted octanol–water partition coefficient (Wildman–Crippen LogP) is 2.19. The molecule has 9 nitrogen and oxygen atoms in total. The van der Waals surface area contributed by atoms with E-state index in [0.717, 1.165) is 11.8 Å². The summed E-state index contributed by atoms with van der Waals surface area (Å²) in [6.07, 6.45) is 1.36. The summed E-state index contributed by atoms with van der Waals surface area (Å²) in [5.74, 6) is 1.31. The van der Waals surface area contributed by atoms with Gasteiger partial charge in [-0.3, -0.25) is 4.79 Å². The molecule has 1 amide bonds. The van der Waals surface area contributed by atoms with Crippen LogP contribution in [0.2, 0.25) is 0 Å². The van der Waals surface area contributed by atoms with Gasteiger partial charge in [-0.15, -0.1) is 0 Å². The van der Waals surface area contributed by atoms with Crippen molar-refractivity contribution in [3.63, 3.8) is 0 Å². The van der Waals surface area contributed by atoms with Crippen LogP contribution in [0.3, 0.4) is 0 Å². The molecule has 0 saturated carbocycles. The number of amides is 1. The van der Waals surface area contributed by atoms with Crippen molar-refractivity contribution in [2.24, 2.45) is 5.10 Å². The minimum absolute atomic E-state index is 0.0369. The lowest BCUT2D eigenvalue weighted by Crippen LogP contribution is -2.19. The van der Waals surface area contributed by atoms with E-state index in [1.807, 2.05) is 0 Å². The molecular formula is C18H17FN6O3S. The Morgan fingerprint density at radius 3 is 2.66 bits per heavy atom. The average molecular weight is 416 g/mol. The third-order valence-electron chi connectivity index (χ3n) is 3.34. The third kappa shape index (κ3) is 6.50. The Balaban J connectivity index is 1.43. The molecule has 0 spiro atoms. The van der Waals surface area contributed by atoms with E-state index in [1.165, 1.54) is 36.5 Å². The lowest BCUT2D eigenvalue weighted by atomic mass is 10.3. The van der Waals surface area contributed by atoms with Crippen molar-refractivity contribution in [2.45, 2.75) is 11.8 Å². The molecule has 0 aliphatic heterocycles. The van der Waals surface area contributed by atoms with E-state index in [4.69, 9.17) is 20.6 Å². The molecule has 11 heteroatoms. The van der Waals surface area contributed by atoms with Gasteiger partial charge >= 0.3 is 0 Å². The van der Waals surface area contributed by atoms with Gasteiger partial charge in [-0.1, -0.05) is 11.8 Å². The maximum Gasteiger partial charge on any atom is 0.250 e. The van der Waals surface area contributed by atoms with Crippen molar-refractivity contribution in [3.8, 4) is 5.75 Å². The molecule has 0 atom stereocenters. The second kappa shape index (κ2) is 9.55. The van der Waals surface area contributed by atoms with E-state index in [2.05, 4.69) is 20.5 Å². The molecule has 0 bridgehead atoms. The zero-order valence-electron chi connectivity index (χ0n) is 15.0. The van der Waals surface area contributed by atoms with Crippen molar-refractivity contribution < 1.29 is 18.3 Å². The maximum absolute atomic E-state index is 12.9. The number of nitrogens with two attached hydrogens (primary N) is 2. The standard InChI is InChI=1S/C18H17FN6O3S/c19-11-1-3-12(4-2-11)27-9-14-6-5-13(28-14)8-22-25-17(26)10-29-18-23-15(20)7-16(21)24-18/h1-8H,9-10H2,(H,25,26)(H4,20,21,23,24)/b22-8+. The van der Waals surface area contributed by atoms with Crippen molar-refractivity contribution in [2.75, 3.05) is 17.2 Å². The number of nitrogens with zero attached hydrogens (tertiary/aromatic N) is 3. The van der Waals surface area contributed by atoms with E-state index in [-0.39, 0.29) is 35.7 Å². The molecule has 3 aromatic rings. The Labute approximate surface area is 169 Å². The molecule has 0 aliphatic rings. The summed E-state index contributed by atoms with van der Waals surface area (Å²) in [4.78, 5) is 19.8. The Morgan fingerprint density at radius 1 is 1.21 bits per heavy atom. The fraction of sp³-hybridized carbons (Fsp3) is 0.111. The number of hydrogen-bond donors (Lipinski definition) is 3. The minimum Gasteiger partial charge on any atom is -0.486 e. The zero-order chi connectivity index (χ0) is 20.6. The van der Waals surface area contributed by atoms with Gasteiger partial charge in [0.15, 0.2) is 5.16 Å². The molecule has 0 unspecified atom stereocenters. The van der Waals surface area contributed by atoms with Crippen LogP contribution in [-0.4, -0.2) is 27.8 Å². The molecule has 150 valence electrons. The van der Waals surface area contributed by atoms with Gasteiger partial charge in [0.1, 0.15) is 41.3 Å². The van der Waals surface area contributed by atoms with Gasteiger partial charge in [0, 0.05) is 6.07 Å². The predicted molar refractivity (Wildman–Crippen MR) is 107 cm³/mol. The zero-order valence-corrected chi connectivity index (χ0v) is 15.9. The Hall–Kier alpha value is -3.60. The first-order valence-corrected chi connectivity index (χ1v) is 9.28. The highest BCUT2D eigenvalue weighted by atomic mass is 32.2. The lowest BCUT2D eigenvalue weighted by Gasteiger charge is -2.03. The van der Waals surface area contributed by atoms with Crippen LogP contribution in [0.4, 0.5) is 16.0 Å². The van der Waals surface area contributed by atoms with E-state index >= 15 is 0 Å². The molecule has 0 radical (unpaired) electrons. The van der Waals surface area contributed by atoms with Crippen LogP contribution in [0.1, 0.15) is 11.5 Å². The first-order valence-electron chi connectivity index (χ1n) is 8.30. The van der Waals surface area contributed by atoms with E-state index < -0.39 is 0 Å². The third-order valence-corrected chi connectivity index (χ3v) is 4.18. The molecule has 29 heavy (non-hydrogen) atoms. The number of anilines is 2. The van der Waals surface area contributed by atoms with Crippen LogP contribution in [0, 0.1) is 5.82 Å². The first kappa shape index (κ1) is 20.1. The van der Waals surface area contributed by atoms with Gasteiger partial charge in [0.2, 0.25) is 0 Å². The second-order valence-electron chi connectivity index (χ2n) is 5.63. The number of halogens is 1. The van der Waals surface area contributed by atoms with Gasteiger partial charge < -0.3 is 20.6 Å². The van der Waals surface area contributed by atoms with Crippen LogP contribution in [-0.2, 0) is 11.4 Å². The quantitative estimate of drug-likeness (QED) is 0.220. The SMILES string of the molecule is Nc1cc(N)nc(SCC(=O)N/N=C/c2ccc(COc3ccc(F)cc3)o2)n1. The van der Waals surface area contributed by atoms with Gasteiger partial charge in [0.05, 0.1) is 12.0 Å². The van der Waals surface area contributed by atoms with Crippen LogP contribution in [0.15, 0.2) is 57.1 Å². The number of benzene rings is 1. The number of aromatic nitrogens is 2. The highest BCUT2D eigenvalue weighted by Gasteiger charge is 2.06. The summed E-state index contributed by atoms with van der Waals surface area (Å²) in [5.41, 5.74) is 13.5. The normalized spacial score (nSPS) is 10.9. The fourth-order valence-corrected chi connectivity index (χ4v) is 2.75. The highest BCUT2D eigenvalue weighted by Crippen LogP contribution is 2.16. The molecule has 0 saturated heterocycles. The maximum atomic E-state index is 12.9. The summed E-state index contributed by atoms with van der Waals surface area (Å²) >= 11 is 1.08. The van der Waals surface area contributed by atoms with Crippen molar-refractivity contribution in [1.82, 2.24) is 15.4 Å². The number of carbonyl (C=O) groups is 1. The number of nitrogens with one attached hydrogen (secondary N) is 1. The summed E-state index contributed by atoms with van der Waals surface area (Å²) < 4.78 is 23.9. The van der Waals surface area contributed by atoms with Crippen molar-refractivity contribution in [1.29, 1.82) is 0 Å². The Bertz CT molecular complexity index is 989. The van der Waals surface area contributed by atoms with Gasteiger partial charge in [-0.05, 0) is 36.4 Å². The number of furan rings is 1. The number of ether oxygens (including phenoxy) is 1. The Kier molecular flexibility index (Phi) is 6.63.